The van der Waals surface area contributed by atoms with Crippen molar-refractivity contribution in [1.82, 2.24) is 0 Å². The summed E-state index contributed by atoms with van der Waals surface area (Å²) in [5.41, 5.74) is 0. The van der Waals surface area contributed by atoms with Gasteiger partial charge in [0.05, 0.1) is 6.61 Å². The summed E-state index contributed by atoms with van der Waals surface area (Å²) in [6.07, 6.45) is 18.9. The number of carbonyl (C=O) groups is 1. The predicted molar refractivity (Wildman–Crippen MR) is 109 cm³/mol. The molecule has 24 heavy (non-hydrogen) atoms. The predicted octanol–water partition coefficient (Wildman–Crippen LogP) is 7.23. The lowest BCUT2D eigenvalue weighted by Gasteiger charge is -2.11. The Morgan fingerprint density at radius 3 is 1.67 bits per heavy atom. The Kier molecular flexibility index (Phi) is 16.0. The fourth-order valence-electron chi connectivity index (χ4n) is 2.77. The number of unbranched alkanes of at least 4 members (excludes halogenated alkanes) is 11. The van der Waals surface area contributed by atoms with E-state index in [0.29, 0.717) is 6.61 Å². The zero-order valence-corrected chi connectivity index (χ0v) is 18.0. The SMILES string of the molecule is CC=CC(=O)OCCCCCCCCCCCCCC[Si](C)(C)Cl. The van der Waals surface area contributed by atoms with Gasteiger partial charge in [0, 0.05) is 6.08 Å². The van der Waals surface area contributed by atoms with Gasteiger partial charge in [0.15, 0.2) is 0 Å². The number of hydrogen-bond donors (Lipinski definition) is 0. The summed E-state index contributed by atoms with van der Waals surface area (Å²) >= 11 is 6.32. The van der Waals surface area contributed by atoms with Crippen LogP contribution in [0.2, 0.25) is 19.1 Å². The van der Waals surface area contributed by atoms with Crippen LogP contribution >= 0.6 is 11.1 Å². The van der Waals surface area contributed by atoms with Gasteiger partial charge < -0.3 is 4.74 Å². The average Bonchev–Trinajstić information content (AvgIpc) is 2.50. The Bertz CT molecular complexity index is 324. The summed E-state index contributed by atoms with van der Waals surface area (Å²) in [7, 11) is -1.32. The highest BCUT2D eigenvalue weighted by Gasteiger charge is 2.15. The highest BCUT2D eigenvalue weighted by Crippen LogP contribution is 2.19. The number of halogens is 1. The van der Waals surface area contributed by atoms with E-state index < -0.39 is 7.38 Å². The van der Waals surface area contributed by atoms with Gasteiger partial charge in [-0.25, -0.2) is 4.79 Å². The summed E-state index contributed by atoms with van der Waals surface area (Å²) in [6, 6.07) is 1.27. The second-order valence-electron chi connectivity index (χ2n) is 7.38. The van der Waals surface area contributed by atoms with E-state index in [0.717, 1.165) is 6.42 Å². The fourth-order valence-corrected chi connectivity index (χ4v) is 4.26. The van der Waals surface area contributed by atoms with Gasteiger partial charge in [-0.3, -0.25) is 0 Å². The molecule has 0 heterocycles. The summed E-state index contributed by atoms with van der Waals surface area (Å²) in [5.74, 6) is -0.217. The van der Waals surface area contributed by atoms with E-state index in [1.165, 1.54) is 82.7 Å². The third kappa shape index (κ3) is 19.8. The normalized spacial score (nSPS) is 12.0. The van der Waals surface area contributed by atoms with E-state index in [1.54, 1.807) is 6.08 Å². The second kappa shape index (κ2) is 16.2. The van der Waals surface area contributed by atoms with Crippen molar-refractivity contribution in [2.24, 2.45) is 0 Å². The van der Waals surface area contributed by atoms with Gasteiger partial charge in [0.1, 0.15) is 7.38 Å². The van der Waals surface area contributed by atoms with E-state index in [9.17, 15) is 4.79 Å². The zero-order valence-electron chi connectivity index (χ0n) is 16.2. The minimum atomic E-state index is -1.32. The lowest BCUT2D eigenvalue weighted by molar-refractivity contribution is -0.137. The van der Waals surface area contributed by atoms with E-state index >= 15 is 0 Å². The summed E-state index contributed by atoms with van der Waals surface area (Å²) < 4.78 is 5.07. The molecule has 0 saturated heterocycles. The largest absolute Gasteiger partial charge is 0.463 e. The zero-order chi connectivity index (χ0) is 18.1. The van der Waals surface area contributed by atoms with Crippen LogP contribution in [0, 0.1) is 0 Å². The number of rotatable bonds is 16. The van der Waals surface area contributed by atoms with Gasteiger partial charge in [-0.2, -0.15) is 11.1 Å². The van der Waals surface area contributed by atoms with Crippen molar-refractivity contribution >= 4 is 24.4 Å². The Labute approximate surface area is 156 Å². The van der Waals surface area contributed by atoms with E-state index in [-0.39, 0.29) is 5.97 Å². The minimum absolute atomic E-state index is 0.217. The van der Waals surface area contributed by atoms with Crippen molar-refractivity contribution in [3.05, 3.63) is 12.2 Å². The number of carbonyl (C=O) groups excluding carboxylic acids is 1. The molecular formula is C20H39ClO2Si. The highest BCUT2D eigenvalue weighted by atomic mass is 35.6. The first-order chi connectivity index (χ1) is 11.5. The molecule has 0 aliphatic rings. The van der Waals surface area contributed by atoms with Crippen molar-refractivity contribution in [3.8, 4) is 0 Å². The molecule has 0 rings (SSSR count). The quantitative estimate of drug-likeness (QED) is 0.0935. The van der Waals surface area contributed by atoms with Gasteiger partial charge in [-0.1, -0.05) is 89.8 Å². The second-order valence-corrected chi connectivity index (χ2v) is 14.4. The van der Waals surface area contributed by atoms with Crippen LogP contribution < -0.4 is 0 Å². The molecule has 0 atom stereocenters. The molecule has 142 valence electrons. The standard InChI is InChI=1S/C20H39ClO2Si/c1-4-17-20(22)23-18-15-13-11-9-7-5-6-8-10-12-14-16-19-24(2,3)21/h4,17H,5-16,18-19H2,1-3H3. The molecule has 0 bridgehead atoms. The first kappa shape index (κ1) is 23.7. The van der Waals surface area contributed by atoms with Crippen molar-refractivity contribution in [2.75, 3.05) is 6.61 Å². The molecule has 0 aromatic rings. The lowest BCUT2D eigenvalue weighted by atomic mass is 10.1. The maximum Gasteiger partial charge on any atom is 0.330 e. The van der Waals surface area contributed by atoms with E-state index in [1.807, 2.05) is 6.92 Å². The smallest absolute Gasteiger partial charge is 0.330 e. The Balaban J connectivity index is 3.11. The third-order valence-corrected chi connectivity index (χ3v) is 6.32. The molecule has 0 amide bonds. The Morgan fingerprint density at radius 2 is 1.25 bits per heavy atom. The molecule has 0 aliphatic heterocycles. The Hall–Kier alpha value is -0.283. The molecule has 0 aliphatic carbocycles. The summed E-state index contributed by atoms with van der Waals surface area (Å²) in [4.78, 5) is 11.1. The van der Waals surface area contributed by atoms with Gasteiger partial charge in [0.2, 0.25) is 0 Å². The molecule has 0 radical (unpaired) electrons. The molecule has 0 aromatic carbocycles. The number of esters is 1. The first-order valence-corrected chi connectivity index (χ1v) is 14.2. The van der Waals surface area contributed by atoms with E-state index in [2.05, 4.69) is 13.1 Å². The van der Waals surface area contributed by atoms with Crippen LogP contribution in [-0.4, -0.2) is 20.0 Å². The maximum absolute atomic E-state index is 11.1. The molecule has 4 heteroatoms. The van der Waals surface area contributed by atoms with Gasteiger partial charge in [-0.05, 0) is 19.4 Å². The number of hydrogen-bond acceptors (Lipinski definition) is 2. The fraction of sp³-hybridized carbons (Fsp3) is 0.850. The molecular weight excluding hydrogens is 336 g/mol. The van der Waals surface area contributed by atoms with Gasteiger partial charge >= 0.3 is 5.97 Å². The maximum atomic E-state index is 11.1. The van der Waals surface area contributed by atoms with Crippen LogP contribution in [0.15, 0.2) is 12.2 Å². The average molecular weight is 375 g/mol. The van der Waals surface area contributed by atoms with Crippen LogP contribution in [-0.2, 0) is 9.53 Å². The molecule has 0 fully saturated rings. The third-order valence-electron chi connectivity index (χ3n) is 4.21. The summed E-state index contributed by atoms with van der Waals surface area (Å²) in [6.45, 7) is 6.87. The van der Waals surface area contributed by atoms with Crippen molar-refractivity contribution in [1.29, 1.82) is 0 Å². The first-order valence-electron chi connectivity index (χ1n) is 9.94. The van der Waals surface area contributed by atoms with Gasteiger partial charge in [-0.15, -0.1) is 0 Å². The van der Waals surface area contributed by atoms with Crippen molar-refractivity contribution in [2.45, 2.75) is 103 Å². The van der Waals surface area contributed by atoms with Crippen LogP contribution in [0.5, 0.6) is 0 Å². The van der Waals surface area contributed by atoms with Gasteiger partial charge in [0.25, 0.3) is 0 Å². The lowest BCUT2D eigenvalue weighted by Crippen LogP contribution is -2.14. The molecule has 0 unspecified atom stereocenters. The van der Waals surface area contributed by atoms with Crippen LogP contribution in [0.1, 0.15) is 84.0 Å². The minimum Gasteiger partial charge on any atom is -0.463 e. The summed E-state index contributed by atoms with van der Waals surface area (Å²) in [5, 5.41) is 0. The highest BCUT2D eigenvalue weighted by molar-refractivity contribution is 7.19. The van der Waals surface area contributed by atoms with Crippen molar-refractivity contribution < 1.29 is 9.53 Å². The van der Waals surface area contributed by atoms with Crippen molar-refractivity contribution in [3.63, 3.8) is 0 Å². The topological polar surface area (TPSA) is 26.3 Å². The number of ether oxygens (including phenoxy) is 1. The van der Waals surface area contributed by atoms with Crippen LogP contribution in [0.4, 0.5) is 0 Å². The molecule has 0 spiro atoms. The number of allylic oxidation sites excluding steroid dienone is 1. The van der Waals surface area contributed by atoms with Crippen LogP contribution in [0.25, 0.3) is 0 Å². The molecule has 2 nitrogen and oxygen atoms in total. The molecule has 0 aromatic heterocycles. The molecule has 0 N–H and O–H groups in total. The van der Waals surface area contributed by atoms with E-state index in [4.69, 9.17) is 15.8 Å². The van der Waals surface area contributed by atoms with Crippen LogP contribution in [0.3, 0.4) is 0 Å². The Morgan fingerprint density at radius 1 is 0.833 bits per heavy atom. The monoisotopic (exact) mass is 374 g/mol. The molecule has 0 saturated carbocycles.